The van der Waals surface area contributed by atoms with Crippen LogP contribution in [0.2, 0.25) is 0 Å². The molecule has 4 aromatic rings. The van der Waals surface area contributed by atoms with Crippen LogP contribution in [0, 0.1) is 22.9 Å². The van der Waals surface area contributed by atoms with Crippen LogP contribution in [0.1, 0.15) is 11.1 Å². The molecule has 7 heteroatoms. The van der Waals surface area contributed by atoms with Crippen molar-refractivity contribution in [3.05, 3.63) is 93.9 Å². The number of hydrogen-bond donors (Lipinski definition) is 1. The average molecular weight is 388 g/mol. The van der Waals surface area contributed by atoms with E-state index in [1.54, 1.807) is 25.3 Å². The Bertz CT molecular complexity index is 1230. The Kier molecular flexibility index (Phi) is 4.87. The van der Waals surface area contributed by atoms with Gasteiger partial charge >= 0.3 is 5.69 Å². The van der Waals surface area contributed by atoms with Crippen molar-refractivity contribution in [3.63, 3.8) is 0 Å². The van der Waals surface area contributed by atoms with Crippen LogP contribution in [-0.2, 0) is 6.54 Å². The number of anilines is 1. The van der Waals surface area contributed by atoms with E-state index in [0.717, 1.165) is 16.5 Å². The second kappa shape index (κ2) is 7.63. The lowest BCUT2D eigenvalue weighted by Crippen LogP contribution is -2.05. The predicted octanol–water partition coefficient (Wildman–Crippen LogP) is 5.26. The largest absolute Gasteiger partial charge is 0.360 e. The zero-order valence-electron chi connectivity index (χ0n) is 15.6. The quantitative estimate of drug-likeness (QED) is 0.372. The molecule has 0 unspecified atom stereocenters. The molecule has 0 radical (unpaired) electrons. The van der Waals surface area contributed by atoms with Gasteiger partial charge in [-0.1, -0.05) is 24.3 Å². The third-order valence-electron chi connectivity index (χ3n) is 4.67. The number of hydrogen-bond acceptors (Lipinski definition) is 5. The van der Waals surface area contributed by atoms with Crippen molar-refractivity contribution in [2.45, 2.75) is 13.5 Å². The summed E-state index contributed by atoms with van der Waals surface area (Å²) in [4.78, 5) is 19.6. The van der Waals surface area contributed by atoms with Gasteiger partial charge in [0, 0.05) is 29.8 Å². The summed E-state index contributed by atoms with van der Waals surface area (Å²) < 4.78 is 13.9. The van der Waals surface area contributed by atoms with Gasteiger partial charge in [0.2, 0.25) is 5.82 Å². The van der Waals surface area contributed by atoms with E-state index in [1.165, 1.54) is 18.2 Å². The predicted molar refractivity (Wildman–Crippen MR) is 110 cm³/mol. The van der Waals surface area contributed by atoms with Gasteiger partial charge in [0.1, 0.15) is 5.82 Å². The van der Waals surface area contributed by atoms with Crippen molar-refractivity contribution in [1.82, 2.24) is 9.97 Å². The molecule has 0 bridgehead atoms. The topological polar surface area (TPSA) is 81.0 Å². The van der Waals surface area contributed by atoms with Gasteiger partial charge in [-0.2, -0.15) is 0 Å². The number of aromatic nitrogens is 2. The maximum Gasteiger partial charge on any atom is 0.311 e. The minimum absolute atomic E-state index is 0.135. The Hall–Kier alpha value is -3.87. The second-order valence-electron chi connectivity index (χ2n) is 6.67. The monoisotopic (exact) mass is 388 g/mol. The van der Waals surface area contributed by atoms with Crippen molar-refractivity contribution in [1.29, 1.82) is 0 Å². The molecule has 0 spiro atoms. The fraction of sp³-hybridized carbons (Fsp3) is 0.0909. The first kappa shape index (κ1) is 18.5. The molecule has 144 valence electrons. The van der Waals surface area contributed by atoms with E-state index in [2.05, 4.69) is 15.3 Å². The summed E-state index contributed by atoms with van der Waals surface area (Å²) in [6.45, 7) is 2.03. The third-order valence-corrected chi connectivity index (χ3v) is 4.67. The van der Waals surface area contributed by atoms with Crippen LogP contribution in [0.3, 0.4) is 0 Å². The van der Waals surface area contributed by atoms with E-state index in [0.29, 0.717) is 23.4 Å². The van der Waals surface area contributed by atoms with Crippen LogP contribution in [0.15, 0.2) is 66.9 Å². The SMILES string of the molecule is Cc1ccc(-c2ccc([N+](=O)[O-])c(NCc3ccc4ncccc4c3)n2)cc1F. The van der Waals surface area contributed by atoms with Crippen molar-refractivity contribution in [2.24, 2.45) is 0 Å². The fourth-order valence-corrected chi connectivity index (χ4v) is 3.06. The number of pyridine rings is 2. The van der Waals surface area contributed by atoms with Gasteiger partial charge in [0.25, 0.3) is 0 Å². The van der Waals surface area contributed by atoms with E-state index < -0.39 is 4.92 Å². The number of fused-ring (bicyclic) bond motifs is 1. The first-order valence-corrected chi connectivity index (χ1v) is 9.01. The molecule has 0 aliphatic carbocycles. The maximum atomic E-state index is 13.9. The Morgan fingerprint density at radius 3 is 2.76 bits per heavy atom. The van der Waals surface area contributed by atoms with Gasteiger partial charge in [-0.05, 0) is 48.4 Å². The lowest BCUT2D eigenvalue weighted by molar-refractivity contribution is -0.384. The average Bonchev–Trinajstić information content (AvgIpc) is 2.73. The van der Waals surface area contributed by atoms with Gasteiger partial charge in [-0.3, -0.25) is 15.1 Å². The van der Waals surface area contributed by atoms with E-state index in [4.69, 9.17) is 0 Å². The van der Waals surface area contributed by atoms with Crippen molar-refractivity contribution in [2.75, 3.05) is 5.32 Å². The number of rotatable bonds is 5. The van der Waals surface area contributed by atoms with Crippen molar-refractivity contribution >= 4 is 22.4 Å². The zero-order chi connectivity index (χ0) is 20.4. The molecular formula is C22H17FN4O2. The number of nitrogens with one attached hydrogen (secondary N) is 1. The number of aryl methyl sites for hydroxylation is 1. The summed E-state index contributed by atoms with van der Waals surface area (Å²) in [5.74, 6) is -0.207. The van der Waals surface area contributed by atoms with Crippen molar-refractivity contribution in [3.8, 4) is 11.3 Å². The maximum absolute atomic E-state index is 13.9. The molecule has 4 rings (SSSR count). The fourth-order valence-electron chi connectivity index (χ4n) is 3.06. The smallest absolute Gasteiger partial charge is 0.311 e. The molecule has 0 aliphatic rings. The Labute approximate surface area is 166 Å². The van der Waals surface area contributed by atoms with E-state index in [1.807, 2.05) is 30.3 Å². The molecule has 0 saturated carbocycles. The summed E-state index contributed by atoms with van der Waals surface area (Å²) in [6.07, 6.45) is 1.73. The molecule has 6 nitrogen and oxygen atoms in total. The highest BCUT2D eigenvalue weighted by Gasteiger charge is 2.17. The zero-order valence-corrected chi connectivity index (χ0v) is 15.6. The number of nitrogens with zero attached hydrogens (tertiary/aromatic N) is 3. The first-order chi connectivity index (χ1) is 14.0. The molecule has 0 amide bonds. The molecule has 0 saturated heterocycles. The number of nitro groups is 1. The summed E-state index contributed by atoms with van der Waals surface area (Å²) >= 11 is 0. The third kappa shape index (κ3) is 3.89. The number of halogens is 1. The Balaban J connectivity index is 1.65. The summed E-state index contributed by atoms with van der Waals surface area (Å²) in [6, 6.07) is 17.3. The number of benzene rings is 2. The van der Waals surface area contributed by atoms with Crippen LogP contribution in [-0.4, -0.2) is 14.9 Å². The minimum atomic E-state index is -0.487. The molecule has 29 heavy (non-hydrogen) atoms. The molecule has 2 aromatic carbocycles. The van der Waals surface area contributed by atoms with Gasteiger partial charge in [-0.15, -0.1) is 0 Å². The van der Waals surface area contributed by atoms with E-state index >= 15 is 0 Å². The molecule has 1 N–H and O–H groups in total. The van der Waals surface area contributed by atoms with Crippen LogP contribution < -0.4 is 5.32 Å². The van der Waals surface area contributed by atoms with E-state index in [9.17, 15) is 14.5 Å². The Morgan fingerprint density at radius 2 is 1.97 bits per heavy atom. The van der Waals surface area contributed by atoms with Crippen LogP contribution >= 0.6 is 0 Å². The van der Waals surface area contributed by atoms with Gasteiger partial charge in [0.05, 0.1) is 16.1 Å². The lowest BCUT2D eigenvalue weighted by atomic mass is 10.1. The highest BCUT2D eigenvalue weighted by molar-refractivity contribution is 5.79. The highest BCUT2D eigenvalue weighted by atomic mass is 19.1. The molecule has 0 atom stereocenters. The second-order valence-corrected chi connectivity index (χ2v) is 6.67. The van der Waals surface area contributed by atoms with Gasteiger partial charge in [0.15, 0.2) is 0 Å². The van der Waals surface area contributed by atoms with Crippen LogP contribution in [0.5, 0.6) is 0 Å². The van der Waals surface area contributed by atoms with Gasteiger partial charge in [-0.25, -0.2) is 9.37 Å². The summed E-state index contributed by atoms with van der Waals surface area (Å²) in [5, 5.41) is 15.4. The normalized spacial score (nSPS) is 10.8. The van der Waals surface area contributed by atoms with Crippen molar-refractivity contribution < 1.29 is 9.31 Å². The molecule has 2 aromatic heterocycles. The highest BCUT2D eigenvalue weighted by Crippen LogP contribution is 2.28. The van der Waals surface area contributed by atoms with Crippen LogP contribution in [0.25, 0.3) is 22.2 Å². The van der Waals surface area contributed by atoms with Crippen LogP contribution in [0.4, 0.5) is 15.9 Å². The molecular weight excluding hydrogens is 371 g/mol. The Morgan fingerprint density at radius 1 is 1.10 bits per heavy atom. The molecule has 0 fully saturated rings. The minimum Gasteiger partial charge on any atom is -0.360 e. The lowest BCUT2D eigenvalue weighted by Gasteiger charge is -2.10. The van der Waals surface area contributed by atoms with Gasteiger partial charge < -0.3 is 5.32 Å². The summed E-state index contributed by atoms with van der Waals surface area (Å²) in [7, 11) is 0. The molecule has 0 aliphatic heterocycles. The van der Waals surface area contributed by atoms with E-state index in [-0.39, 0.29) is 17.3 Å². The standard InChI is InChI=1S/C22H17FN4O2/c1-14-4-6-17(12-18(14)23)20-8-9-21(27(28)29)22(26-20)25-13-15-5-7-19-16(11-15)3-2-10-24-19/h2-12H,13H2,1H3,(H,25,26). The first-order valence-electron chi connectivity index (χ1n) is 9.01. The summed E-state index contributed by atoms with van der Waals surface area (Å²) in [5.41, 5.74) is 3.23. The molecule has 2 heterocycles.